The van der Waals surface area contributed by atoms with E-state index in [-0.39, 0.29) is 23.4 Å². The molecule has 1 aliphatic carbocycles. The van der Waals surface area contributed by atoms with Crippen LogP contribution in [0.25, 0.3) is 16.6 Å². The molecule has 0 atom stereocenters. The molecule has 180 valence electrons. The van der Waals surface area contributed by atoms with Gasteiger partial charge < -0.3 is 15.0 Å². The van der Waals surface area contributed by atoms with Gasteiger partial charge in [0.05, 0.1) is 59.6 Å². The highest BCUT2D eigenvalue weighted by Crippen LogP contribution is 2.38. The number of amides is 1. The summed E-state index contributed by atoms with van der Waals surface area (Å²) in [5, 5.41) is 13.7. The van der Waals surface area contributed by atoms with E-state index in [0.29, 0.717) is 0 Å². The van der Waals surface area contributed by atoms with E-state index < -0.39 is 0 Å². The first kappa shape index (κ1) is 21.9. The summed E-state index contributed by atoms with van der Waals surface area (Å²) >= 11 is 6.72. The number of carbonyl (C=O) groups is 1. The summed E-state index contributed by atoms with van der Waals surface area (Å²) in [7, 11) is 1.69. The molecule has 1 N–H and O–H groups in total. The van der Waals surface area contributed by atoms with Gasteiger partial charge in [-0.05, 0) is 31.9 Å². The first-order valence-corrected chi connectivity index (χ1v) is 12.3. The molecule has 2 aliphatic heterocycles. The minimum Gasteiger partial charge on any atom is -0.377 e. The van der Waals surface area contributed by atoms with E-state index in [1.54, 1.807) is 7.05 Å². The fourth-order valence-corrected chi connectivity index (χ4v) is 5.70. The van der Waals surface area contributed by atoms with E-state index in [4.69, 9.17) is 16.3 Å². The van der Waals surface area contributed by atoms with E-state index in [0.717, 1.165) is 79.5 Å². The summed E-state index contributed by atoms with van der Waals surface area (Å²) in [6.07, 6.45) is 7.34. The Bertz CT molecular complexity index is 1220. The topological polar surface area (TPSA) is 80.5 Å². The molecule has 1 saturated carbocycles. The number of benzene rings is 1. The molecule has 1 aromatic carbocycles. The first-order valence-electron chi connectivity index (χ1n) is 12.0. The lowest BCUT2D eigenvalue weighted by Crippen LogP contribution is -2.64. The third kappa shape index (κ3) is 3.57. The van der Waals surface area contributed by atoms with Crippen molar-refractivity contribution in [1.82, 2.24) is 29.8 Å². The van der Waals surface area contributed by atoms with Crippen LogP contribution < -0.4 is 10.2 Å². The van der Waals surface area contributed by atoms with E-state index in [9.17, 15) is 4.79 Å². The molecule has 9 nitrogen and oxygen atoms in total. The molecule has 0 spiro atoms. The number of halogens is 1. The standard InChI is InChI=1S/C24H30ClN7O2/c1-24(14-34-15-24)30-5-3-29(4-6-30)22-10-21-17(9-20(22)25)11-28-32(21)19-12-27-31(13-19)18-7-16(8-18)23(33)26-2/h9-13,16,18H,3-8,14-15H2,1-2H3,(H,26,33)/t16-,18-. The van der Waals surface area contributed by atoms with Gasteiger partial charge in [-0.15, -0.1) is 0 Å². The summed E-state index contributed by atoms with van der Waals surface area (Å²) in [5.41, 5.74) is 3.15. The van der Waals surface area contributed by atoms with Crippen molar-refractivity contribution in [2.24, 2.45) is 5.92 Å². The minimum absolute atomic E-state index is 0.0813. The minimum atomic E-state index is 0.0813. The molecule has 3 aliphatic rings. The third-order valence-electron chi connectivity index (χ3n) is 7.78. The van der Waals surface area contributed by atoms with Gasteiger partial charge in [0.15, 0.2) is 0 Å². The number of rotatable bonds is 5. The zero-order valence-corrected chi connectivity index (χ0v) is 20.3. The molecule has 0 unspecified atom stereocenters. The number of carbonyl (C=O) groups excluding carboxylic acids is 1. The van der Waals surface area contributed by atoms with Gasteiger partial charge in [0.1, 0.15) is 5.69 Å². The number of fused-ring (bicyclic) bond motifs is 1. The fourth-order valence-electron chi connectivity index (χ4n) is 5.41. The highest BCUT2D eigenvalue weighted by atomic mass is 35.5. The zero-order chi connectivity index (χ0) is 23.4. The SMILES string of the molecule is CNC(=O)[C@H]1C[C@H](n2cc(-n3ncc4cc(Cl)c(N5CCN(C6(C)COC6)CC5)cc43)cn2)C1. The quantitative estimate of drug-likeness (QED) is 0.600. The predicted octanol–water partition coefficient (Wildman–Crippen LogP) is 2.48. The summed E-state index contributed by atoms with van der Waals surface area (Å²) in [6.45, 7) is 7.78. The van der Waals surface area contributed by atoms with Crippen LogP contribution in [0.2, 0.25) is 5.02 Å². The molecule has 3 fully saturated rings. The Hall–Kier alpha value is -2.62. The van der Waals surface area contributed by atoms with Crippen LogP contribution >= 0.6 is 11.6 Å². The van der Waals surface area contributed by atoms with Gasteiger partial charge in [-0.1, -0.05) is 11.6 Å². The highest BCUT2D eigenvalue weighted by molar-refractivity contribution is 6.34. The van der Waals surface area contributed by atoms with Gasteiger partial charge in [0, 0.05) is 44.5 Å². The maximum Gasteiger partial charge on any atom is 0.223 e. The Morgan fingerprint density at radius 3 is 2.59 bits per heavy atom. The number of nitrogens with one attached hydrogen (secondary N) is 1. The van der Waals surface area contributed by atoms with Crippen molar-refractivity contribution in [3.05, 3.63) is 35.7 Å². The van der Waals surface area contributed by atoms with Crippen LogP contribution in [-0.2, 0) is 9.53 Å². The van der Waals surface area contributed by atoms with Crippen LogP contribution in [0.3, 0.4) is 0 Å². The van der Waals surface area contributed by atoms with Crippen molar-refractivity contribution in [3.8, 4) is 5.69 Å². The van der Waals surface area contributed by atoms with Crippen molar-refractivity contribution in [3.63, 3.8) is 0 Å². The number of aromatic nitrogens is 4. The largest absolute Gasteiger partial charge is 0.377 e. The maximum absolute atomic E-state index is 11.8. The second kappa shape index (κ2) is 8.25. The van der Waals surface area contributed by atoms with Crippen molar-refractivity contribution in [2.45, 2.75) is 31.3 Å². The maximum atomic E-state index is 11.8. The molecular weight excluding hydrogens is 454 g/mol. The van der Waals surface area contributed by atoms with Crippen molar-refractivity contribution >= 4 is 34.1 Å². The van der Waals surface area contributed by atoms with Crippen molar-refractivity contribution in [1.29, 1.82) is 0 Å². The number of hydrogen-bond acceptors (Lipinski definition) is 6. The van der Waals surface area contributed by atoms with E-state index in [1.807, 2.05) is 34.0 Å². The molecule has 2 aromatic heterocycles. The molecule has 4 heterocycles. The number of anilines is 1. The first-order chi connectivity index (χ1) is 16.4. The summed E-state index contributed by atoms with van der Waals surface area (Å²) < 4.78 is 9.34. The van der Waals surface area contributed by atoms with E-state index in [2.05, 4.69) is 38.3 Å². The molecule has 10 heteroatoms. The molecule has 2 saturated heterocycles. The van der Waals surface area contributed by atoms with E-state index in [1.165, 1.54) is 0 Å². The Morgan fingerprint density at radius 1 is 1.15 bits per heavy atom. The Morgan fingerprint density at radius 2 is 1.91 bits per heavy atom. The Balaban J connectivity index is 1.21. The van der Waals surface area contributed by atoms with Gasteiger partial charge in [-0.3, -0.25) is 14.4 Å². The van der Waals surface area contributed by atoms with Gasteiger partial charge in [0.25, 0.3) is 0 Å². The predicted molar refractivity (Wildman–Crippen MR) is 131 cm³/mol. The van der Waals surface area contributed by atoms with Crippen molar-refractivity contribution < 1.29 is 9.53 Å². The van der Waals surface area contributed by atoms with Gasteiger partial charge in [-0.2, -0.15) is 10.2 Å². The number of piperazine rings is 1. The fraction of sp³-hybridized carbons (Fsp3) is 0.542. The summed E-state index contributed by atoms with van der Waals surface area (Å²) in [6, 6.07) is 4.41. The van der Waals surface area contributed by atoms with Crippen LogP contribution in [0.4, 0.5) is 5.69 Å². The van der Waals surface area contributed by atoms with Gasteiger partial charge in [0.2, 0.25) is 5.91 Å². The molecule has 6 rings (SSSR count). The second-order valence-corrected chi connectivity index (χ2v) is 10.4. The summed E-state index contributed by atoms with van der Waals surface area (Å²) in [4.78, 5) is 16.7. The van der Waals surface area contributed by atoms with Gasteiger partial charge >= 0.3 is 0 Å². The number of hydrogen-bond donors (Lipinski definition) is 1. The van der Waals surface area contributed by atoms with Crippen LogP contribution in [0.1, 0.15) is 25.8 Å². The van der Waals surface area contributed by atoms with E-state index >= 15 is 0 Å². The van der Waals surface area contributed by atoms with Crippen LogP contribution in [0.5, 0.6) is 0 Å². The number of nitrogens with zero attached hydrogens (tertiary/aromatic N) is 6. The smallest absolute Gasteiger partial charge is 0.223 e. The molecule has 0 bridgehead atoms. The summed E-state index contributed by atoms with van der Waals surface area (Å²) in [5.74, 6) is 0.194. The molecular formula is C24H30ClN7O2. The Kier molecular flexibility index (Phi) is 5.31. The molecule has 1 amide bonds. The molecule has 3 aromatic rings. The van der Waals surface area contributed by atoms with Crippen LogP contribution in [-0.4, -0.2) is 82.3 Å². The molecule has 0 radical (unpaired) electrons. The zero-order valence-electron chi connectivity index (χ0n) is 19.6. The van der Waals surface area contributed by atoms with Crippen LogP contribution in [0, 0.1) is 5.92 Å². The third-order valence-corrected chi connectivity index (χ3v) is 8.09. The van der Waals surface area contributed by atoms with Crippen molar-refractivity contribution in [2.75, 3.05) is 51.3 Å². The normalized spacial score (nSPS) is 24.6. The highest BCUT2D eigenvalue weighted by Gasteiger charge is 2.40. The lowest BCUT2D eigenvalue weighted by Gasteiger charge is -2.50. The monoisotopic (exact) mass is 483 g/mol. The van der Waals surface area contributed by atoms with Crippen LogP contribution in [0.15, 0.2) is 30.7 Å². The molecule has 34 heavy (non-hydrogen) atoms. The Labute approximate surface area is 203 Å². The van der Waals surface area contributed by atoms with Gasteiger partial charge in [-0.25, -0.2) is 4.68 Å². The average molecular weight is 484 g/mol. The lowest BCUT2D eigenvalue weighted by molar-refractivity contribution is -0.131. The number of ether oxygens (including phenoxy) is 1. The lowest BCUT2D eigenvalue weighted by atomic mass is 9.80. The average Bonchev–Trinajstić information content (AvgIpc) is 3.42. The second-order valence-electron chi connectivity index (χ2n) is 10.00.